The fourth-order valence-electron chi connectivity index (χ4n) is 0.976. The fourth-order valence-corrected chi connectivity index (χ4v) is 1.47. The van der Waals surface area contributed by atoms with E-state index in [0.29, 0.717) is 6.42 Å². The Bertz CT molecular complexity index is 238. The lowest BCUT2D eigenvalue weighted by Crippen LogP contribution is -2.50. The summed E-state index contributed by atoms with van der Waals surface area (Å²) in [5, 5.41) is 11.2. The maximum absolute atomic E-state index is 11.5. The van der Waals surface area contributed by atoms with E-state index in [1.54, 1.807) is 11.8 Å². The van der Waals surface area contributed by atoms with E-state index in [9.17, 15) is 9.59 Å². The molecule has 1 amide bonds. The SMILES string of the molecule is COC(=O)[C@H](CO)NC(=O)[C@@H](N)CCSC. The first-order chi connectivity index (χ1) is 7.56. The van der Waals surface area contributed by atoms with Gasteiger partial charge in [0.15, 0.2) is 6.04 Å². The van der Waals surface area contributed by atoms with Crippen molar-refractivity contribution in [3.8, 4) is 0 Å². The van der Waals surface area contributed by atoms with Crippen molar-refractivity contribution >= 4 is 23.6 Å². The smallest absolute Gasteiger partial charge is 0.330 e. The number of thioether (sulfide) groups is 1. The predicted octanol–water partition coefficient (Wildman–Crippen LogP) is -1.28. The third-order valence-electron chi connectivity index (χ3n) is 1.95. The van der Waals surface area contributed by atoms with Gasteiger partial charge in [-0.15, -0.1) is 0 Å². The first kappa shape index (κ1) is 15.2. The number of hydrogen-bond acceptors (Lipinski definition) is 6. The number of hydrogen-bond donors (Lipinski definition) is 3. The first-order valence-electron chi connectivity index (χ1n) is 4.80. The molecule has 0 bridgehead atoms. The number of rotatable bonds is 7. The Hall–Kier alpha value is -0.790. The number of amides is 1. The van der Waals surface area contributed by atoms with Crippen molar-refractivity contribution in [2.24, 2.45) is 5.73 Å². The second-order valence-electron chi connectivity index (χ2n) is 3.15. The standard InChI is InChI=1S/C9H18N2O4S/c1-15-9(14)7(5-12)11-8(13)6(10)3-4-16-2/h6-7,12H,3-5,10H2,1-2H3,(H,11,13)/t6-,7-/m0/s1. The molecule has 0 aromatic carbocycles. The van der Waals surface area contributed by atoms with Crippen molar-refractivity contribution in [2.45, 2.75) is 18.5 Å². The zero-order valence-electron chi connectivity index (χ0n) is 9.43. The highest BCUT2D eigenvalue weighted by Gasteiger charge is 2.23. The van der Waals surface area contributed by atoms with Crippen LogP contribution in [-0.4, -0.2) is 54.8 Å². The van der Waals surface area contributed by atoms with E-state index in [2.05, 4.69) is 10.1 Å². The molecule has 0 fully saturated rings. The van der Waals surface area contributed by atoms with E-state index in [1.165, 1.54) is 7.11 Å². The van der Waals surface area contributed by atoms with Crippen LogP contribution >= 0.6 is 11.8 Å². The molecule has 0 unspecified atom stereocenters. The fraction of sp³-hybridized carbons (Fsp3) is 0.778. The lowest BCUT2D eigenvalue weighted by molar-refractivity contribution is -0.146. The molecule has 0 aliphatic carbocycles. The molecule has 0 aliphatic heterocycles. The highest BCUT2D eigenvalue weighted by molar-refractivity contribution is 7.98. The van der Waals surface area contributed by atoms with E-state index >= 15 is 0 Å². The number of nitrogens with two attached hydrogens (primary N) is 1. The van der Waals surface area contributed by atoms with Crippen molar-refractivity contribution in [2.75, 3.05) is 25.7 Å². The molecule has 0 saturated carbocycles. The molecular weight excluding hydrogens is 232 g/mol. The van der Waals surface area contributed by atoms with Gasteiger partial charge in [-0.2, -0.15) is 11.8 Å². The lowest BCUT2D eigenvalue weighted by atomic mass is 10.2. The molecule has 0 heterocycles. The van der Waals surface area contributed by atoms with Crippen molar-refractivity contribution in [3.05, 3.63) is 0 Å². The highest BCUT2D eigenvalue weighted by Crippen LogP contribution is 1.99. The normalized spacial score (nSPS) is 14.0. The average Bonchev–Trinajstić information content (AvgIpc) is 2.31. The van der Waals surface area contributed by atoms with E-state index in [4.69, 9.17) is 10.8 Å². The minimum atomic E-state index is -1.04. The molecule has 0 aliphatic rings. The molecule has 4 N–H and O–H groups in total. The largest absolute Gasteiger partial charge is 0.467 e. The molecule has 0 saturated heterocycles. The average molecular weight is 250 g/mol. The number of ether oxygens (including phenoxy) is 1. The minimum absolute atomic E-state index is 0.460. The summed E-state index contributed by atoms with van der Waals surface area (Å²) in [5.41, 5.74) is 5.59. The van der Waals surface area contributed by atoms with Crippen LogP contribution in [0.5, 0.6) is 0 Å². The number of aliphatic hydroxyl groups is 1. The van der Waals surface area contributed by atoms with Gasteiger partial charge in [-0.3, -0.25) is 4.79 Å². The molecule has 0 aromatic rings. The number of esters is 1. The Balaban J connectivity index is 4.13. The van der Waals surface area contributed by atoms with Crippen LogP contribution in [0, 0.1) is 0 Å². The van der Waals surface area contributed by atoms with Gasteiger partial charge in [-0.1, -0.05) is 0 Å². The first-order valence-corrected chi connectivity index (χ1v) is 6.19. The summed E-state index contributed by atoms with van der Waals surface area (Å²) in [6.07, 6.45) is 2.43. The molecule has 0 rings (SSSR count). The Labute approximate surface area is 98.9 Å². The van der Waals surface area contributed by atoms with Crippen LogP contribution in [0.25, 0.3) is 0 Å². The molecule has 16 heavy (non-hydrogen) atoms. The quantitative estimate of drug-likeness (QED) is 0.486. The third-order valence-corrected chi connectivity index (χ3v) is 2.60. The predicted molar refractivity (Wildman–Crippen MR) is 62.0 cm³/mol. The van der Waals surface area contributed by atoms with Gasteiger partial charge in [0.1, 0.15) is 0 Å². The van der Waals surface area contributed by atoms with Gasteiger partial charge in [0.05, 0.1) is 19.8 Å². The summed E-state index contributed by atoms with van der Waals surface area (Å²) in [6.45, 7) is -0.506. The van der Waals surface area contributed by atoms with Crippen LogP contribution in [0.2, 0.25) is 0 Å². The molecule has 0 aromatic heterocycles. The van der Waals surface area contributed by atoms with E-state index in [1.807, 2.05) is 6.26 Å². The number of carbonyl (C=O) groups excluding carboxylic acids is 2. The van der Waals surface area contributed by atoms with Gasteiger partial charge in [-0.25, -0.2) is 4.79 Å². The zero-order valence-corrected chi connectivity index (χ0v) is 10.3. The summed E-state index contributed by atoms with van der Waals surface area (Å²) >= 11 is 1.58. The number of carbonyl (C=O) groups is 2. The van der Waals surface area contributed by atoms with Crippen LogP contribution in [0.1, 0.15) is 6.42 Å². The Kier molecular flexibility index (Phi) is 7.96. The van der Waals surface area contributed by atoms with E-state index in [-0.39, 0.29) is 0 Å². The van der Waals surface area contributed by atoms with Crippen molar-refractivity contribution in [3.63, 3.8) is 0 Å². The second-order valence-corrected chi connectivity index (χ2v) is 4.14. The monoisotopic (exact) mass is 250 g/mol. The maximum Gasteiger partial charge on any atom is 0.330 e. The topological polar surface area (TPSA) is 102 Å². The van der Waals surface area contributed by atoms with Crippen molar-refractivity contribution in [1.29, 1.82) is 0 Å². The second kappa shape index (κ2) is 8.37. The third kappa shape index (κ3) is 5.34. The minimum Gasteiger partial charge on any atom is -0.467 e. The lowest BCUT2D eigenvalue weighted by Gasteiger charge is -2.17. The Morgan fingerprint density at radius 2 is 2.19 bits per heavy atom. The van der Waals surface area contributed by atoms with Crippen molar-refractivity contribution < 1.29 is 19.4 Å². The Morgan fingerprint density at radius 1 is 1.56 bits per heavy atom. The molecule has 7 heteroatoms. The van der Waals surface area contributed by atoms with Crippen molar-refractivity contribution in [1.82, 2.24) is 5.32 Å². The Morgan fingerprint density at radius 3 is 2.62 bits per heavy atom. The summed E-state index contributed by atoms with van der Waals surface area (Å²) in [4.78, 5) is 22.5. The highest BCUT2D eigenvalue weighted by atomic mass is 32.2. The molecule has 0 radical (unpaired) electrons. The molecule has 2 atom stereocenters. The zero-order chi connectivity index (χ0) is 12.6. The number of methoxy groups -OCH3 is 1. The molecule has 0 spiro atoms. The van der Waals surface area contributed by atoms with E-state index < -0.39 is 30.6 Å². The van der Waals surface area contributed by atoms with Crippen LogP contribution in [0.3, 0.4) is 0 Å². The van der Waals surface area contributed by atoms with Gasteiger partial charge in [-0.05, 0) is 18.4 Å². The van der Waals surface area contributed by atoms with E-state index in [0.717, 1.165) is 5.75 Å². The van der Waals surface area contributed by atoms with Crippen LogP contribution in [0.15, 0.2) is 0 Å². The molecule has 94 valence electrons. The maximum atomic E-state index is 11.5. The number of aliphatic hydroxyl groups excluding tert-OH is 1. The summed E-state index contributed by atoms with van der Waals surface area (Å²) in [6, 6.07) is -1.72. The molecular formula is C9H18N2O4S. The van der Waals surface area contributed by atoms with Crippen LogP contribution in [-0.2, 0) is 14.3 Å². The number of nitrogens with one attached hydrogen (secondary N) is 1. The summed E-state index contributed by atoms with van der Waals surface area (Å²) in [7, 11) is 1.19. The van der Waals surface area contributed by atoms with Gasteiger partial charge < -0.3 is 20.9 Å². The van der Waals surface area contributed by atoms with Gasteiger partial charge >= 0.3 is 5.97 Å². The van der Waals surface area contributed by atoms with Gasteiger partial charge in [0, 0.05) is 0 Å². The van der Waals surface area contributed by atoms with Gasteiger partial charge in [0.25, 0.3) is 0 Å². The summed E-state index contributed by atoms with van der Waals surface area (Å²) < 4.78 is 4.41. The summed E-state index contributed by atoms with van der Waals surface area (Å²) in [5.74, 6) is -0.386. The van der Waals surface area contributed by atoms with Crippen LogP contribution in [0.4, 0.5) is 0 Å². The van der Waals surface area contributed by atoms with Crippen LogP contribution < -0.4 is 11.1 Å². The molecule has 6 nitrogen and oxygen atoms in total. The van der Waals surface area contributed by atoms with Gasteiger partial charge in [0.2, 0.25) is 5.91 Å².